The van der Waals surface area contributed by atoms with E-state index in [-0.39, 0.29) is 23.2 Å². The van der Waals surface area contributed by atoms with Crippen LogP contribution >= 0.6 is 11.3 Å². The second kappa shape index (κ2) is 7.79. The van der Waals surface area contributed by atoms with Crippen molar-refractivity contribution >= 4 is 28.6 Å². The third-order valence-electron chi connectivity index (χ3n) is 4.21. The maximum atomic E-state index is 12.5. The van der Waals surface area contributed by atoms with E-state index in [9.17, 15) is 14.9 Å². The zero-order valence-corrected chi connectivity index (χ0v) is 15.4. The highest BCUT2D eigenvalue weighted by Crippen LogP contribution is 2.30. The molecule has 138 valence electrons. The number of amides is 1. The topological polar surface area (TPSA) is 97.6 Å². The molecule has 0 bridgehead atoms. The van der Waals surface area contributed by atoms with Gasteiger partial charge in [0.25, 0.3) is 11.6 Å². The first-order valence-corrected chi connectivity index (χ1v) is 9.17. The molecule has 8 nitrogen and oxygen atoms in total. The minimum atomic E-state index is -0.450. The molecule has 3 rings (SSSR count). The van der Waals surface area contributed by atoms with Crippen LogP contribution in [0.15, 0.2) is 23.6 Å². The monoisotopic (exact) mass is 376 g/mol. The van der Waals surface area contributed by atoms with Gasteiger partial charge in [0, 0.05) is 30.1 Å². The van der Waals surface area contributed by atoms with E-state index >= 15 is 0 Å². The average Bonchev–Trinajstić information content (AvgIpc) is 3.08. The quantitative estimate of drug-likeness (QED) is 0.636. The number of aryl methyl sites for hydroxylation is 1. The molecule has 2 aromatic rings. The van der Waals surface area contributed by atoms with E-state index in [1.165, 1.54) is 17.4 Å². The Labute approximate surface area is 154 Å². The molecule has 1 aliphatic rings. The number of thiazole rings is 1. The third kappa shape index (κ3) is 4.00. The van der Waals surface area contributed by atoms with Gasteiger partial charge in [-0.1, -0.05) is 0 Å². The first-order chi connectivity index (χ1) is 12.5. The van der Waals surface area contributed by atoms with Gasteiger partial charge in [-0.15, -0.1) is 11.3 Å². The SMILES string of the molecule is Cc1nc(C(C)NC(=O)c2ccc(N3CCOCC3)c([N+](=O)[O-])c2)cs1. The largest absolute Gasteiger partial charge is 0.378 e. The normalized spacial score (nSPS) is 15.5. The molecule has 0 spiro atoms. The maximum absolute atomic E-state index is 12.5. The second-order valence-corrected chi connectivity index (χ2v) is 7.11. The summed E-state index contributed by atoms with van der Waals surface area (Å²) in [4.78, 5) is 29.8. The van der Waals surface area contributed by atoms with Gasteiger partial charge < -0.3 is 15.0 Å². The predicted molar refractivity (Wildman–Crippen MR) is 98.9 cm³/mol. The Morgan fingerprint density at radius 3 is 2.77 bits per heavy atom. The third-order valence-corrected chi connectivity index (χ3v) is 5.01. The van der Waals surface area contributed by atoms with Gasteiger partial charge in [-0.2, -0.15) is 0 Å². The van der Waals surface area contributed by atoms with E-state index in [0.717, 1.165) is 10.7 Å². The van der Waals surface area contributed by atoms with Crippen molar-refractivity contribution in [2.45, 2.75) is 19.9 Å². The van der Waals surface area contributed by atoms with Crippen LogP contribution in [-0.4, -0.2) is 42.1 Å². The van der Waals surface area contributed by atoms with Crippen molar-refractivity contribution in [3.05, 3.63) is 50.0 Å². The van der Waals surface area contributed by atoms with Crippen LogP contribution in [0.2, 0.25) is 0 Å². The van der Waals surface area contributed by atoms with Gasteiger partial charge in [-0.25, -0.2) is 4.98 Å². The van der Waals surface area contributed by atoms with Gasteiger partial charge in [0.2, 0.25) is 0 Å². The Morgan fingerprint density at radius 1 is 1.42 bits per heavy atom. The number of rotatable bonds is 5. The standard InChI is InChI=1S/C17H20N4O4S/c1-11(14-10-26-12(2)19-14)18-17(22)13-3-4-15(16(9-13)21(23)24)20-5-7-25-8-6-20/h3-4,9-11H,5-8H2,1-2H3,(H,18,22). The molecule has 9 heteroatoms. The number of hydrogen-bond donors (Lipinski definition) is 1. The highest BCUT2D eigenvalue weighted by atomic mass is 32.1. The summed E-state index contributed by atoms with van der Waals surface area (Å²) in [7, 11) is 0. The fourth-order valence-electron chi connectivity index (χ4n) is 2.82. The van der Waals surface area contributed by atoms with E-state index in [1.807, 2.05) is 24.1 Å². The lowest BCUT2D eigenvalue weighted by Crippen LogP contribution is -2.36. The molecule has 1 N–H and O–H groups in total. The zero-order chi connectivity index (χ0) is 18.7. The highest BCUT2D eigenvalue weighted by Gasteiger charge is 2.24. The Hall–Kier alpha value is -2.52. The summed E-state index contributed by atoms with van der Waals surface area (Å²) in [5, 5.41) is 17.1. The minimum Gasteiger partial charge on any atom is -0.378 e. The zero-order valence-electron chi connectivity index (χ0n) is 14.6. The number of carbonyl (C=O) groups excluding carboxylic acids is 1. The fraction of sp³-hybridized carbons (Fsp3) is 0.412. The van der Waals surface area contributed by atoms with Crippen molar-refractivity contribution in [3.63, 3.8) is 0 Å². The van der Waals surface area contributed by atoms with Crippen molar-refractivity contribution in [1.82, 2.24) is 10.3 Å². The number of nitrogens with zero attached hydrogens (tertiary/aromatic N) is 3. The highest BCUT2D eigenvalue weighted by molar-refractivity contribution is 7.09. The number of anilines is 1. The van der Waals surface area contributed by atoms with Crippen LogP contribution in [0.25, 0.3) is 0 Å². The molecule has 1 saturated heterocycles. The summed E-state index contributed by atoms with van der Waals surface area (Å²) in [5.41, 5.74) is 1.47. The molecule has 1 aromatic heterocycles. The van der Waals surface area contributed by atoms with E-state index < -0.39 is 4.92 Å². The Kier molecular flexibility index (Phi) is 5.48. The van der Waals surface area contributed by atoms with Gasteiger partial charge >= 0.3 is 0 Å². The summed E-state index contributed by atoms with van der Waals surface area (Å²) in [5.74, 6) is -0.361. The van der Waals surface area contributed by atoms with Crippen molar-refractivity contribution in [1.29, 1.82) is 0 Å². The number of morpholine rings is 1. The molecule has 0 radical (unpaired) electrons. The van der Waals surface area contributed by atoms with Crippen LogP contribution in [0.4, 0.5) is 11.4 Å². The predicted octanol–water partition coefficient (Wildman–Crippen LogP) is 2.69. The molecule has 26 heavy (non-hydrogen) atoms. The lowest BCUT2D eigenvalue weighted by molar-refractivity contribution is -0.384. The molecule has 1 unspecified atom stereocenters. The molecule has 1 fully saturated rings. The van der Waals surface area contributed by atoms with Gasteiger partial charge in [0.15, 0.2) is 0 Å². The second-order valence-electron chi connectivity index (χ2n) is 6.05. The average molecular weight is 376 g/mol. The Balaban J connectivity index is 1.80. The Morgan fingerprint density at radius 2 is 2.15 bits per heavy atom. The van der Waals surface area contributed by atoms with Crippen molar-refractivity contribution in [2.75, 3.05) is 31.2 Å². The molecule has 1 amide bonds. The number of aromatic nitrogens is 1. The van der Waals surface area contributed by atoms with Crippen molar-refractivity contribution in [2.24, 2.45) is 0 Å². The van der Waals surface area contributed by atoms with E-state index in [1.54, 1.807) is 12.1 Å². The first-order valence-electron chi connectivity index (χ1n) is 8.29. The maximum Gasteiger partial charge on any atom is 0.293 e. The Bertz CT molecular complexity index is 817. The number of carbonyl (C=O) groups is 1. The van der Waals surface area contributed by atoms with Gasteiger partial charge in [0.1, 0.15) is 5.69 Å². The molecule has 1 atom stereocenters. The summed E-state index contributed by atoms with van der Waals surface area (Å²) in [6.07, 6.45) is 0. The molecular weight excluding hydrogens is 356 g/mol. The number of benzene rings is 1. The van der Waals surface area contributed by atoms with Crippen LogP contribution in [0, 0.1) is 17.0 Å². The number of nitro groups is 1. The number of nitro benzene ring substituents is 1. The van der Waals surface area contributed by atoms with E-state index in [0.29, 0.717) is 32.0 Å². The van der Waals surface area contributed by atoms with Crippen LogP contribution in [0.5, 0.6) is 0 Å². The van der Waals surface area contributed by atoms with Crippen molar-refractivity contribution in [3.8, 4) is 0 Å². The summed E-state index contributed by atoms with van der Waals surface area (Å²) in [6.45, 7) is 5.98. The lowest BCUT2D eigenvalue weighted by Gasteiger charge is -2.28. The molecule has 1 aliphatic heterocycles. The summed E-state index contributed by atoms with van der Waals surface area (Å²) >= 11 is 1.51. The summed E-state index contributed by atoms with van der Waals surface area (Å²) in [6, 6.07) is 4.31. The van der Waals surface area contributed by atoms with Gasteiger partial charge in [-0.05, 0) is 26.0 Å². The molecule has 0 saturated carbocycles. The first kappa shape index (κ1) is 18.3. The molecule has 1 aromatic carbocycles. The van der Waals surface area contributed by atoms with Crippen LogP contribution in [0.3, 0.4) is 0 Å². The van der Waals surface area contributed by atoms with E-state index in [2.05, 4.69) is 10.3 Å². The van der Waals surface area contributed by atoms with Gasteiger partial charge in [0.05, 0.1) is 34.9 Å². The van der Waals surface area contributed by atoms with Crippen LogP contribution in [0.1, 0.15) is 34.0 Å². The van der Waals surface area contributed by atoms with Crippen LogP contribution in [-0.2, 0) is 4.74 Å². The summed E-state index contributed by atoms with van der Waals surface area (Å²) < 4.78 is 5.29. The molecular formula is C17H20N4O4S. The number of nitrogens with one attached hydrogen (secondary N) is 1. The molecule has 2 heterocycles. The van der Waals surface area contributed by atoms with E-state index in [4.69, 9.17) is 4.74 Å². The number of hydrogen-bond acceptors (Lipinski definition) is 7. The van der Waals surface area contributed by atoms with Gasteiger partial charge in [-0.3, -0.25) is 14.9 Å². The van der Waals surface area contributed by atoms with Crippen LogP contribution < -0.4 is 10.2 Å². The van der Waals surface area contributed by atoms with Crippen molar-refractivity contribution < 1.29 is 14.5 Å². The number of ether oxygens (including phenoxy) is 1. The lowest BCUT2D eigenvalue weighted by atomic mass is 10.1. The molecule has 0 aliphatic carbocycles. The smallest absolute Gasteiger partial charge is 0.293 e. The fourth-order valence-corrected chi connectivity index (χ4v) is 3.52. The minimum absolute atomic E-state index is 0.0725.